The molecule has 0 heterocycles. The van der Waals surface area contributed by atoms with Crippen molar-refractivity contribution < 1.29 is 14.6 Å². The highest BCUT2D eigenvalue weighted by molar-refractivity contribution is 14.0. The highest BCUT2D eigenvalue weighted by Gasteiger charge is 2.04. The summed E-state index contributed by atoms with van der Waals surface area (Å²) < 4.78 is 10.3. The summed E-state index contributed by atoms with van der Waals surface area (Å²) in [6, 6.07) is 5.31. The third-order valence-electron chi connectivity index (χ3n) is 2.04. The van der Waals surface area contributed by atoms with Gasteiger partial charge in [-0.25, -0.2) is 0 Å². The zero-order valence-electron chi connectivity index (χ0n) is 10.3. The third-order valence-corrected chi connectivity index (χ3v) is 2.04. The molecule has 0 unspecified atom stereocenters. The van der Waals surface area contributed by atoms with E-state index in [-0.39, 0.29) is 43.1 Å². The van der Waals surface area contributed by atoms with Gasteiger partial charge in [-0.05, 0) is 12.1 Å². The van der Waals surface area contributed by atoms with Gasteiger partial charge in [-0.15, -0.1) is 24.0 Å². The van der Waals surface area contributed by atoms with E-state index in [9.17, 15) is 0 Å². The van der Waals surface area contributed by atoms with E-state index in [2.05, 4.69) is 10.3 Å². The van der Waals surface area contributed by atoms with Crippen molar-refractivity contribution in [3.63, 3.8) is 0 Å². The normalized spacial score (nSPS) is 10.5. The molecule has 1 rings (SSSR count). The molecule has 0 aliphatic carbocycles. The number of nitrogens with one attached hydrogen (secondary N) is 1. The van der Waals surface area contributed by atoms with E-state index in [0.717, 1.165) is 5.69 Å². The standard InChI is InChI=1S/C11H17N3O3.HI/c1-16-9-4-3-8(7-10(9)17-2)14-11(12)13-5-6-15;/h3-4,7,15H,5-6H2,1-2H3,(H3,12,13,14);1H. The second-order valence-electron chi connectivity index (χ2n) is 3.19. The average molecular weight is 367 g/mol. The van der Waals surface area contributed by atoms with E-state index in [0.29, 0.717) is 11.5 Å². The predicted molar refractivity (Wildman–Crippen MR) is 82.2 cm³/mol. The van der Waals surface area contributed by atoms with Gasteiger partial charge in [-0.1, -0.05) is 0 Å². The molecule has 0 aliphatic rings. The fourth-order valence-corrected chi connectivity index (χ4v) is 1.27. The number of aliphatic hydroxyl groups excluding tert-OH is 1. The van der Waals surface area contributed by atoms with Crippen molar-refractivity contribution in [3.8, 4) is 11.5 Å². The lowest BCUT2D eigenvalue weighted by Crippen LogP contribution is -2.23. The number of ether oxygens (including phenoxy) is 2. The molecule has 0 atom stereocenters. The minimum Gasteiger partial charge on any atom is -0.493 e. The van der Waals surface area contributed by atoms with Crippen molar-refractivity contribution in [2.24, 2.45) is 10.7 Å². The van der Waals surface area contributed by atoms with Crippen LogP contribution in [0, 0.1) is 0 Å². The fraction of sp³-hybridized carbons (Fsp3) is 0.364. The number of hydrogen-bond donors (Lipinski definition) is 3. The summed E-state index contributed by atoms with van der Waals surface area (Å²) in [7, 11) is 3.13. The molecule has 0 saturated heterocycles. The van der Waals surface area contributed by atoms with Gasteiger partial charge in [0.25, 0.3) is 0 Å². The first kappa shape index (κ1) is 16.8. The van der Waals surface area contributed by atoms with Crippen molar-refractivity contribution in [3.05, 3.63) is 18.2 Å². The molecule has 1 aromatic carbocycles. The van der Waals surface area contributed by atoms with Crippen LogP contribution in [0.25, 0.3) is 0 Å². The molecule has 6 nitrogen and oxygen atoms in total. The quantitative estimate of drug-likeness (QED) is 0.411. The number of rotatable bonds is 5. The van der Waals surface area contributed by atoms with Gasteiger partial charge in [-0.3, -0.25) is 4.99 Å². The zero-order chi connectivity index (χ0) is 12.7. The number of aliphatic hydroxyl groups is 1. The predicted octanol–water partition coefficient (Wildman–Crippen LogP) is 1.04. The molecule has 0 aliphatic heterocycles. The lowest BCUT2D eigenvalue weighted by atomic mass is 10.3. The first-order valence-electron chi connectivity index (χ1n) is 5.11. The first-order valence-corrected chi connectivity index (χ1v) is 5.11. The molecule has 0 spiro atoms. The lowest BCUT2D eigenvalue weighted by Gasteiger charge is -2.10. The molecule has 0 aromatic heterocycles. The first-order chi connectivity index (χ1) is 8.21. The van der Waals surface area contributed by atoms with Gasteiger partial charge in [-0.2, -0.15) is 0 Å². The lowest BCUT2D eigenvalue weighted by molar-refractivity contribution is 0.307. The SMILES string of the molecule is COc1ccc(NC(N)=NCCO)cc1OC.I. The Labute approximate surface area is 123 Å². The zero-order valence-corrected chi connectivity index (χ0v) is 12.7. The summed E-state index contributed by atoms with van der Waals surface area (Å²) in [6.07, 6.45) is 0. The number of benzene rings is 1. The van der Waals surface area contributed by atoms with Crippen molar-refractivity contribution in [1.29, 1.82) is 0 Å². The van der Waals surface area contributed by atoms with Crippen LogP contribution < -0.4 is 20.5 Å². The Morgan fingerprint density at radius 1 is 1.33 bits per heavy atom. The largest absolute Gasteiger partial charge is 0.493 e. The van der Waals surface area contributed by atoms with Crippen LogP contribution in [0.2, 0.25) is 0 Å². The summed E-state index contributed by atoms with van der Waals surface area (Å²) in [5.41, 5.74) is 6.35. The van der Waals surface area contributed by atoms with Crippen molar-refractivity contribution in [1.82, 2.24) is 0 Å². The summed E-state index contributed by atoms with van der Waals surface area (Å²) in [5, 5.41) is 11.5. The minimum atomic E-state index is -0.0334. The summed E-state index contributed by atoms with van der Waals surface area (Å²) in [4.78, 5) is 3.90. The summed E-state index contributed by atoms with van der Waals surface area (Å²) in [6.45, 7) is 0.237. The van der Waals surface area contributed by atoms with Crippen LogP contribution in [-0.2, 0) is 0 Å². The van der Waals surface area contributed by atoms with E-state index >= 15 is 0 Å². The Balaban J connectivity index is 0.00000289. The topological polar surface area (TPSA) is 89.1 Å². The fourth-order valence-electron chi connectivity index (χ4n) is 1.27. The molecule has 0 fully saturated rings. The van der Waals surface area contributed by atoms with E-state index in [1.54, 1.807) is 32.4 Å². The van der Waals surface area contributed by atoms with Gasteiger partial charge in [0.15, 0.2) is 17.5 Å². The molecule has 0 amide bonds. The van der Waals surface area contributed by atoms with Gasteiger partial charge in [0.05, 0.1) is 27.4 Å². The molecular weight excluding hydrogens is 349 g/mol. The maximum atomic E-state index is 8.60. The Kier molecular flexibility index (Phi) is 8.21. The number of hydrogen-bond acceptors (Lipinski definition) is 4. The van der Waals surface area contributed by atoms with Crippen molar-refractivity contribution in [2.45, 2.75) is 0 Å². The molecule has 0 bridgehead atoms. The second-order valence-corrected chi connectivity index (χ2v) is 3.19. The number of halogens is 1. The van der Waals surface area contributed by atoms with Crippen molar-refractivity contribution in [2.75, 3.05) is 32.7 Å². The van der Waals surface area contributed by atoms with Crippen LogP contribution in [0.4, 0.5) is 5.69 Å². The molecule has 102 valence electrons. The maximum absolute atomic E-state index is 8.60. The van der Waals surface area contributed by atoms with Crippen LogP contribution in [-0.4, -0.2) is 38.4 Å². The molecule has 1 aromatic rings. The average Bonchev–Trinajstić information content (AvgIpc) is 2.36. The monoisotopic (exact) mass is 367 g/mol. The van der Waals surface area contributed by atoms with Gasteiger partial charge in [0.2, 0.25) is 0 Å². The smallest absolute Gasteiger partial charge is 0.193 e. The number of methoxy groups -OCH3 is 2. The number of aliphatic imine (C=N–C) groups is 1. The molecule has 4 N–H and O–H groups in total. The molecule has 0 radical (unpaired) electrons. The van der Waals surface area contributed by atoms with E-state index < -0.39 is 0 Å². The summed E-state index contributed by atoms with van der Waals surface area (Å²) in [5.74, 6) is 1.49. The number of nitrogens with zero attached hydrogens (tertiary/aromatic N) is 1. The van der Waals surface area contributed by atoms with E-state index in [1.165, 1.54) is 0 Å². The third kappa shape index (κ3) is 4.96. The minimum absolute atomic E-state index is 0. The van der Waals surface area contributed by atoms with Gasteiger partial charge in [0.1, 0.15) is 0 Å². The van der Waals surface area contributed by atoms with Gasteiger partial charge in [0, 0.05) is 11.8 Å². The highest BCUT2D eigenvalue weighted by Crippen LogP contribution is 2.29. The number of guanidine groups is 1. The summed E-state index contributed by atoms with van der Waals surface area (Å²) >= 11 is 0. The van der Waals surface area contributed by atoms with E-state index in [4.69, 9.17) is 20.3 Å². The Morgan fingerprint density at radius 3 is 2.56 bits per heavy atom. The van der Waals surface area contributed by atoms with Crippen LogP contribution in [0.15, 0.2) is 23.2 Å². The van der Waals surface area contributed by atoms with Crippen LogP contribution >= 0.6 is 24.0 Å². The van der Waals surface area contributed by atoms with Crippen LogP contribution in [0.5, 0.6) is 11.5 Å². The second kappa shape index (κ2) is 8.81. The molecule has 0 saturated carbocycles. The highest BCUT2D eigenvalue weighted by atomic mass is 127. The van der Waals surface area contributed by atoms with Gasteiger partial charge < -0.3 is 25.6 Å². The Hall–Kier alpha value is -1.22. The van der Waals surface area contributed by atoms with Crippen molar-refractivity contribution >= 4 is 35.6 Å². The Morgan fingerprint density at radius 2 is 2.00 bits per heavy atom. The molecule has 18 heavy (non-hydrogen) atoms. The van der Waals surface area contributed by atoms with Crippen LogP contribution in [0.1, 0.15) is 0 Å². The molecular formula is C11H18IN3O3. The maximum Gasteiger partial charge on any atom is 0.193 e. The van der Waals surface area contributed by atoms with Gasteiger partial charge >= 0.3 is 0 Å². The molecule has 7 heteroatoms. The number of anilines is 1. The Bertz CT molecular complexity index is 399. The number of nitrogens with two attached hydrogens (primary N) is 1. The van der Waals surface area contributed by atoms with E-state index in [1.807, 2.05) is 0 Å². The van der Waals surface area contributed by atoms with Crippen LogP contribution in [0.3, 0.4) is 0 Å².